The van der Waals surface area contributed by atoms with Gasteiger partial charge in [-0.25, -0.2) is 15.0 Å². The Bertz CT molecular complexity index is 338. The van der Waals surface area contributed by atoms with Crippen LogP contribution in [0.2, 0.25) is 4.34 Å². The van der Waals surface area contributed by atoms with Crippen LogP contribution in [-0.4, -0.2) is 29.0 Å². The summed E-state index contributed by atoms with van der Waals surface area (Å²) in [5.74, 6) is -0.0512. The van der Waals surface area contributed by atoms with Crippen LogP contribution in [0.5, 0.6) is 0 Å². The van der Waals surface area contributed by atoms with Crippen LogP contribution in [0.1, 0.15) is 20.8 Å². The van der Waals surface area contributed by atoms with E-state index in [4.69, 9.17) is 11.6 Å². The first-order valence-corrected chi connectivity index (χ1v) is 5.96. The van der Waals surface area contributed by atoms with E-state index in [1.165, 1.54) is 18.3 Å². The summed E-state index contributed by atoms with van der Waals surface area (Å²) in [5.41, 5.74) is 0. The van der Waals surface area contributed by atoms with Crippen molar-refractivity contribution in [2.24, 2.45) is 0 Å². The van der Waals surface area contributed by atoms with Crippen molar-refractivity contribution in [3.05, 3.63) is 10.5 Å². The van der Waals surface area contributed by atoms with E-state index in [0.717, 1.165) is 13.1 Å². The Morgan fingerprint density at radius 2 is 2.13 bits per heavy atom. The third kappa shape index (κ3) is 2.90. The maximum Gasteiger partial charge on any atom is 0.240 e. The molecule has 84 valence electrons. The van der Waals surface area contributed by atoms with Gasteiger partial charge in [0.1, 0.15) is 4.34 Å². The largest absolute Gasteiger partial charge is 0.273 e. The fourth-order valence-electron chi connectivity index (χ4n) is 1.31. The maximum absolute atomic E-state index is 11.5. The van der Waals surface area contributed by atoms with Gasteiger partial charge < -0.3 is 0 Å². The molecule has 0 bridgehead atoms. The van der Waals surface area contributed by atoms with Crippen LogP contribution < -0.4 is 5.01 Å². The zero-order valence-corrected chi connectivity index (χ0v) is 10.6. The van der Waals surface area contributed by atoms with Crippen molar-refractivity contribution in [1.82, 2.24) is 9.99 Å². The van der Waals surface area contributed by atoms with Crippen molar-refractivity contribution in [2.75, 3.05) is 18.1 Å². The monoisotopic (exact) mass is 247 g/mol. The number of rotatable bonds is 4. The zero-order chi connectivity index (χ0) is 11.4. The minimum absolute atomic E-state index is 0.0512. The van der Waals surface area contributed by atoms with E-state index in [1.807, 2.05) is 18.9 Å². The maximum atomic E-state index is 11.5. The predicted octanol–water partition coefficient (Wildman–Crippen LogP) is 2.41. The normalized spacial score (nSPS) is 10.7. The summed E-state index contributed by atoms with van der Waals surface area (Å²) in [4.78, 5) is 15.6. The predicted molar refractivity (Wildman–Crippen MR) is 63.2 cm³/mol. The number of hydrazine groups is 1. The lowest BCUT2D eigenvalue weighted by molar-refractivity contribution is -0.119. The van der Waals surface area contributed by atoms with Crippen LogP contribution in [0.15, 0.2) is 6.20 Å². The number of anilines is 1. The molecule has 0 aliphatic rings. The van der Waals surface area contributed by atoms with Crippen LogP contribution >= 0.6 is 22.9 Å². The lowest BCUT2D eigenvalue weighted by Crippen LogP contribution is -2.45. The Morgan fingerprint density at radius 3 is 2.47 bits per heavy atom. The Hall–Kier alpha value is -0.650. The molecule has 0 aliphatic heterocycles. The number of nitrogens with zero attached hydrogens (tertiary/aromatic N) is 3. The highest BCUT2D eigenvalue weighted by molar-refractivity contribution is 7.19. The van der Waals surface area contributed by atoms with Crippen molar-refractivity contribution >= 4 is 34.0 Å². The summed E-state index contributed by atoms with van der Waals surface area (Å²) in [6.45, 7) is 7.03. The molecule has 1 heterocycles. The number of hydrogen-bond acceptors (Lipinski definition) is 4. The van der Waals surface area contributed by atoms with Gasteiger partial charge in [-0.15, -0.1) is 0 Å². The topological polar surface area (TPSA) is 36.4 Å². The third-order valence-corrected chi connectivity index (χ3v) is 3.05. The molecule has 0 unspecified atom stereocenters. The number of thiazole rings is 1. The van der Waals surface area contributed by atoms with E-state index in [-0.39, 0.29) is 5.91 Å². The molecule has 0 saturated carbocycles. The van der Waals surface area contributed by atoms with Crippen molar-refractivity contribution < 1.29 is 4.79 Å². The SMILES string of the molecule is CCN(CC)N(C(C)=O)c1ncc(Cl)s1. The molecule has 0 aromatic carbocycles. The lowest BCUT2D eigenvalue weighted by atomic mass is 10.6. The highest BCUT2D eigenvalue weighted by Gasteiger charge is 2.20. The van der Waals surface area contributed by atoms with Crippen molar-refractivity contribution in [3.8, 4) is 0 Å². The van der Waals surface area contributed by atoms with E-state index in [1.54, 1.807) is 11.2 Å². The molecule has 0 spiro atoms. The van der Waals surface area contributed by atoms with Crippen molar-refractivity contribution in [2.45, 2.75) is 20.8 Å². The highest BCUT2D eigenvalue weighted by Crippen LogP contribution is 2.27. The smallest absolute Gasteiger partial charge is 0.240 e. The van der Waals surface area contributed by atoms with Gasteiger partial charge in [-0.1, -0.05) is 36.8 Å². The minimum atomic E-state index is -0.0512. The van der Waals surface area contributed by atoms with E-state index >= 15 is 0 Å². The van der Waals surface area contributed by atoms with Crippen LogP contribution in [0, 0.1) is 0 Å². The second-order valence-electron chi connectivity index (χ2n) is 2.92. The van der Waals surface area contributed by atoms with Crippen LogP contribution in [-0.2, 0) is 4.79 Å². The van der Waals surface area contributed by atoms with Gasteiger partial charge in [0.25, 0.3) is 0 Å². The average Bonchev–Trinajstić information content (AvgIpc) is 2.59. The molecule has 0 radical (unpaired) electrons. The molecule has 1 rings (SSSR count). The summed E-state index contributed by atoms with van der Waals surface area (Å²) in [6, 6.07) is 0. The van der Waals surface area contributed by atoms with E-state index in [2.05, 4.69) is 4.98 Å². The molecule has 0 aliphatic carbocycles. The number of halogens is 1. The van der Waals surface area contributed by atoms with Gasteiger partial charge in [-0.05, 0) is 0 Å². The first-order chi connectivity index (χ1) is 7.10. The zero-order valence-electron chi connectivity index (χ0n) is 9.03. The van der Waals surface area contributed by atoms with E-state index in [9.17, 15) is 4.79 Å². The lowest BCUT2D eigenvalue weighted by Gasteiger charge is -2.29. The first-order valence-electron chi connectivity index (χ1n) is 4.77. The molecule has 0 atom stereocenters. The van der Waals surface area contributed by atoms with E-state index < -0.39 is 0 Å². The Morgan fingerprint density at radius 1 is 1.53 bits per heavy atom. The summed E-state index contributed by atoms with van der Waals surface area (Å²) in [7, 11) is 0. The molecule has 6 heteroatoms. The van der Waals surface area contributed by atoms with Gasteiger partial charge in [-0.2, -0.15) is 0 Å². The van der Waals surface area contributed by atoms with Gasteiger partial charge >= 0.3 is 0 Å². The minimum Gasteiger partial charge on any atom is -0.273 e. The molecule has 0 N–H and O–H groups in total. The molecule has 0 fully saturated rings. The molecule has 4 nitrogen and oxygen atoms in total. The van der Waals surface area contributed by atoms with Crippen molar-refractivity contribution in [3.63, 3.8) is 0 Å². The second kappa shape index (κ2) is 5.44. The van der Waals surface area contributed by atoms with Gasteiger partial charge in [0, 0.05) is 20.0 Å². The van der Waals surface area contributed by atoms with Gasteiger partial charge in [0.15, 0.2) is 0 Å². The average molecular weight is 248 g/mol. The Labute approximate surface area is 98.4 Å². The van der Waals surface area contributed by atoms with Gasteiger partial charge in [-0.3, -0.25) is 4.79 Å². The molecule has 1 amide bonds. The van der Waals surface area contributed by atoms with Crippen molar-refractivity contribution in [1.29, 1.82) is 0 Å². The number of hydrogen-bond donors (Lipinski definition) is 0. The van der Waals surface area contributed by atoms with Gasteiger partial charge in [0.2, 0.25) is 11.0 Å². The summed E-state index contributed by atoms with van der Waals surface area (Å²) >= 11 is 7.10. The second-order valence-corrected chi connectivity index (χ2v) is 4.56. The summed E-state index contributed by atoms with van der Waals surface area (Å²) in [5, 5.41) is 4.10. The number of carbonyl (C=O) groups is 1. The molecular formula is C9H14ClN3OS. The molecule has 15 heavy (non-hydrogen) atoms. The summed E-state index contributed by atoms with van der Waals surface area (Å²) < 4.78 is 0.586. The Kier molecular flexibility index (Phi) is 4.50. The first kappa shape index (κ1) is 12.4. The van der Waals surface area contributed by atoms with Crippen LogP contribution in [0.3, 0.4) is 0 Å². The molecular weight excluding hydrogens is 234 g/mol. The van der Waals surface area contributed by atoms with Crippen LogP contribution in [0.25, 0.3) is 0 Å². The fraction of sp³-hybridized carbons (Fsp3) is 0.556. The number of aromatic nitrogens is 1. The number of amides is 1. The third-order valence-electron chi connectivity index (χ3n) is 1.96. The standard InChI is InChI=1S/C9H14ClN3OS/c1-4-12(5-2)13(7(3)14)9-11-6-8(10)15-9/h6H,4-5H2,1-3H3. The molecule has 0 saturated heterocycles. The summed E-state index contributed by atoms with van der Waals surface area (Å²) in [6.07, 6.45) is 1.56. The Balaban J connectivity index is 2.97. The number of carbonyl (C=O) groups excluding carboxylic acids is 1. The highest BCUT2D eigenvalue weighted by atomic mass is 35.5. The molecule has 1 aromatic rings. The van der Waals surface area contributed by atoms with Crippen LogP contribution in [0.4, 0.5) is 5.13 Å². The fourth-order valence-corrected chi connectivity index (χ4v) is 2.28. The van der Waals surface area contributed by atoms with E-state index in [0.29, 0.717) is 9.47 Å². The molecule has 1 aromatic heterocycles. The quantitative estimate of drug-likeness (QED) is 0.767. The van der Waals surface area contributed by atoms with Gasteiger partial charge in [0.05, 0.1) is 6.20 Å².